The smallest absolute Gasteiger partial charge is 0.222 e. The van der Waals surface area contributed by atoms with E-state index < -0.39 is 0 Å². The minimum atomic E-state index is 0.571. The molecule has 1 aromatic heterocycles. The van der Waals surface area contributed by atoms with E-state index in [0.717, 1.165) is 5.56 Å². The van der Waals surface area contributed by atoms with Crippen LogP contribution in [0.5, 0.6) is 0 Å². The van der Waals surface area contributed by atoms with Gasteiger partial charge in [-0.25, -0.2) is 9.97 Å². The van der Waals surface area contributed by atoms with Crippen LogP contribution in [0.4, 0.5) is 5.95 Å². The first kappa shape index (κ1) is 13.5. The van der Waals surface area contributed by atoms with Gasteiger partial charge < -0.3 is 11.1 Å². The molecule has 0 saturated carbocycles. The molecule has 0 saturated heterocycles. The van der Waals surface area contributed by atoms with Gasteiger partial charge in [0.05, 0.1) is 0 Å². The highest BCUT2D eigenvalue weighted by atomic mass is 15.1. The van der Waals surface area contributed by atoms with E-state index in [4.69, 9.17) is 5.73 Å². The second-order valence-electron chi connectivity index (χ2n) is 4.69. The third kappa shape index (κ3) is 2.90. The predicted octanol–water partition coefficient (Wildman–Crippen LogP) is 2.44. The van der Waals surface area contributed by atoms with Crippen molar-refractivity contribution in [2.45, 2.75) is 20.8 Å². The van der Waals surface area contributed by atoms with Crippen molar-refractivity contribution >= 4 is 5.95 Å². The predicted molar refractivity (Wildman–Crippen MR) is 79.2 cm³/mol. The van der Waals surface area contributed by atoms with Gasteiger partial charge in [-0.2, -0.15) is 0 Å². The van der Waals surface area contributed by atoms with E-state index in [2.05, 4.69) is 48.2 Å². The van der Waals surface area contributed by atoms with Gasteiger partial charge in [-0.15, -0.1) is 0 Å². The maximum Gasteiger partial charge on any atom is 0.222 e. The lowest BCUT2D eigenvalue weighted by Gasteiger charge is -2.11. The number of aromatic nitrogens is 2. The number of rotatable bonds is 4. The second kappa shape index (κ2) is 5.80. The molecule has 4 heteroatoms. The summed E-state index contributed by atoms with van der Waals surface area (Å²) in [5.74, 6) is 0.621. The van der Waals surface area contributed by atoms with Crippen LogP contribution in [0.25, 0.3) is 11.1 Å². The number of benzene rings is 1. The van der Waals surface area contributed by atoms with E-state index in [9.17, 15) is 0 Å². The lowest BCUT2D eigenvalue weighted by atomic mass is 9.96. The summed E-state index contributed by atoms with van der Waals surface area (Å²) in [4.78, 5) is 8.62. The van der Waals surface area contributed by atoms with Crippen LogP contribution >= 0.6 is 0 Å². The Morgan fingerprint density at radius 1 is 1.05 bits per heavy atom. The van der Waals surface area contributed by atoms with E-state index in [-0.39, 0.29) is 0 Å². The van der Waals surface area contributed by atoms with Gasteiger partial charge in [0.1, 0.15) is 0 Å². The number of nitrogens with two attached hydrogens (primary N) is 1. The van der Waals surface area contributed by atoms with Crippen molar-refractivity contribution in [1.29, 1.82) is 0 Å². The molecule has 0 amide bonds. The summed E-state index contributed by atoms with van der Waals surface area (Å²) < 4.78 is 0. The Morgan fingerprint density at radius 2 is 1.74 bits per heavy atom. The molecule has 0 aliphatic rings. The molecule has 0 spiro atoms. The minimum Gasteiger partial charge on any atom is -0.353 e. The van der Waals surface area contributed by atoms with E-state index in [0.29, 0.717) is 19.0 Å². The molecule has 1 aromatic carbocycles. The summed E-state index contributed by atoms with van der Waals surface area (Å²) in [6.45, 7) is 7.66. The van der Waals surface area contributed by atoms with Crippen LogP contribution in [0.2, 0.25) is 0 Å². The van der Waals surface area contributed by atoms with Gasteiger partial charge in [0.25, 0.3) is 0 Å². The maximum absolute atomic E-state index is 5.43. The molecule has 0 bridgehead atoms. The summed E-state index contributed by atoms with van der Waals surface area (Å²) in [5, 5.41) is 3.06. The highest BCUT2D eigenvalue weighted by Crippen LogP contribution is 2.26. The Hall–Kier alpha value is -1.94. The highest BCUT2D eigenvalue weighted by molar-refractivity contribution is 5.68. The van der Waals surface area contributed by atoms with Gasteiger partial charge in [-0.1, -0.05) is 12.1 Å². The summed E-state index contributed by atoms with van der Waals surface area (Å²) in [6.07, 6.45) is 3.70. The number of anilines is 1. The summed E-state index contributed by atoms with van der Waals surface area (Å²) in [6, 6.07) is 4.27. The third-order valence-corrected chi connectivity index (χ3v) is 3.45. The van der Waals surface area contributed by atoms with E-state index in [1.807, 2.05) is 12.4 Å². The molecule has 0 aliphatic carbocycles. The Kier molecular flexibility index (Phi) is 4.12. The normalized spacial score (nSPS) is 10.5. The molecular weight excluding hydrogens is 236 g/mol. The highest BCUT2D eigenvalue weighted by Gasteiger charge is 2.07. The van der Waals surface area contributed by atoms with Gasteiger partial charge in [0.15, 0.2) is 0 Å². The summed E-state index contributed by atoms with van der Waals surface area (Å²) >= 11 is 0. The largest absolute Gasteiger partial charge is 0.353 e. The van der Waals surface area contributed by atoms with E-state index in [1.165, 1.54) is 22.3 Å². The third-order valence-electron chi connectivity index (χ3n) is 3.45. The topological polar surface area (TPSA) is 63.8 Å². The van der Waals surface area contributed by atoms with Gasteiger partial charge in [0.2, 0.25) is 5.95 Å². The van der Waals surface area contributed by atoms with Crippen molar-refractivity contribution in [2.24, 2.45) is 5.73 Å². The van der Waals surface area contributed by atoms with Crippen LogP contribution in [-0.4, -0.2) is 23.1 Å². The first-order valence-electron chi connectivity index (χ1n) is 6.46. The van der Waals surface area contributed by atoms with Crippen LogP contribution in [0.15, 0.2) is 24.5 Å². The monoisotopic (exact) mass is 256 g/mol. The van der Waals surface area contributed by atoms with E-state index in [1.54, 1.807) is 0 Å². The second-order valence-corrected chi connectivity index (χ2v) is 4.69. The van der Waals surface area contributed by atoms with Crippen LogP contribution in [-0.2, 0) is 0 Å². The first-order chi connectivity index (χ1) is 9.13. The van der Waals surface area contributed by atoms with Crippen molar-refractivity contribution in [1.82, 2.24) is 9.97 Å². The molecule has 2 rings (SSSR count). The summed E-state index contributed by atoms with van der Waals surface area (Å²) in [7, 11) is 0. The molecule has 0 aliphatic heterocycles. The van der Waals surface area contributed by atoms with Crippen LogP contribution < -0.4 is 11.1 Å². The number of aryl methyl sites for hydroxylation is 1. The van der Waals surface area contributed by atoms with Crippen LogP contribution in [0.3, 0.4) is 0 Å². The molecule has 2 aromatic rings. The molecule has 19 heavy (non-hydrogen) atoms. The van der Waals surface area contributed by atoms with Crippen molar-refractivity contribution in [2.75, 3.05) is 18.4 Å². The molecule has 0 fully saturated rings. The maximum atomic E-state index is 5.43. The van der Waals surface area contributed by atoms with E-state index >= 15 is 0 Å². The van der Waals surface area contributed by atoms with Crippen molar-refractivity contribution < 1.29 is 0 Å². The van der Waals surface area contributed by atoms with Gasteiger partial charge >= 0.3 is 0 Å². The zero-order chi connectivity index (χ0) is 13.8. The lowest BCUT2D eigenvalue weighted by Crippen LogP contribution is -2.14. The first-order valence-corrected chi connectivity index (χ1v) is 6.46. The van der Waals surface area contributed by atoms with Gasteiger partial charge in [-0.3, -0.25) is 0 Å². The molecule has 4 nitrogen and oxygen atoms in total. The Morgan fingerprint density at radius 3 is 2.37 bits per heavy atom. The summed E-state index contributed by atoms with van der Waals surface area (Å²) in [5.41, 5.74) is 11.6. The van der Waals surface area contributed by atoms with Crippen molar-refractivity contribution in [3.8, 4) is 11.1 Å². The Balaban J connectivity index is 2.30. The number of hydrogen-bond donors (Lipinski definition) is 2. The average molecular weight is 256 g/mol. The van der Waals surface area contributed by atoms with Crippen LogP contribution in [0, 0.1) is 20.8 Å². The molecule has 3 N–H and O–H groups in total. The molecule has 0 radical (unpaired) electrons. The quantitative estimate of drug-likeness (QED) is 0.882. The molecule has 100 valence electrons. The number of nitrogens with one attached hydrogen (secondary N) is 1. The molecular formula is C15H20N4. The van der Waals surface area contributed by atoms with Crippen LogP contribution in [0.1, 0.15) is 16.7 Å². The number of nitrogens with zero attached hydrogens (tertiary/aromatic N) is 2. The van der Waals surface area contributed by atoms with Crippen molar-refractivity contribution in [3.63, 3.8) is 0 Å². The van der Waals surface area contributed by atoms with Gasteiger partial charge in [-0.05, 0) is 43.0 Å². The Labute approximate surface area is 114 Å². The SMILES string of the molecule is Cc1ccc(-c2cnc(NCCN)nc2)c(C)c1C. The fourth-order valence-corrected chi connectivity index (χ4v) is 2.01. The average Bonchev–Trinajstić information content (AvgIpc) is 2.44. The van der Waals surface area contributed by atoms with Crippen molar-refractivity contribution in [3.05, 3.63) is 41.2 Å². The standard InChI is InChI=1S/C15H20N4/c1-10-4-5-14(12(3)11(10)2)13-8-18-15(19-9-13)17-7-6-16/h4-5,8-9H,6-7,16H2,1-3H3,(H,17,18,19). The fourth-order valence-electron chi connectivity index (χ4n) is 2.01. The molecule has 0 unspecified atom stereocenters. The lowest BCUT2D eigenvalue weighted by molar-refractivity contribution is 0.989. The molecule has 0 atom stereocenters. The number of hydrogen-bond acceptors (Lipinski definition) is 4. The minimum absolute atomic E-state index is 0.571. The van der Waals surface area contributed by atoms with Gasteiger partial charge in [0, 0.05) is 31.0 Å². The zero-order valence-electron chi connectivity index (χ0n) is 11.7. The molecule has 1 heterocycles. The Bertz CT molecular complexity index is 561. The fraction of sp³-hybridized carbons (Fsp3) is 0.333. The zero-order valence-corrected chi connectivity index (χ0v) is 11.7.